The van der Waals surface area contributed by atoms with Gasteiger partial charge < -0.3 is 20.7 Å². The van der Waals surface area contributed by atoms with E-state index >= 15 is 0 Å². The lowest BCUT2D eigenvalue weighted by atomic mass is 10.1. The van der Waals surface area contributed by atoms with Crippen molar-refractivity contribution in [3.05, 3.63) is 83.7 Å². The van der Waals surface area contributed by atoms with Crippen molar-refractivity contribution in [2.24, 2.45) is 0 Å². The first kappa shape index (κ1) is 28.0. The van der Waals surface area contributed by atoms with E-state index in [0.717, 1.165) is 16.8 Å². The molecule has 0 spiro atoms. The van der Waals surface area contributed by atoms with Gasteiger partial charge in [-0.25, -0.2) is 9.78 Å². The number of aryl methyl sites for hydroxylation is 1. The minimum Gasteiger partial charge on any atom is -0.497 e. The highest BCUT2D eigenvalue weighted by atomic mass is 32.1. The van der Waals surface area contributed by atoms with Crippen LogP contribution >= 0.6 is 11.3 Å². The van der Waals surface area contributed by atoms with Crippen LogP contribution in [-0.2, 0) is 4.79 Å². The number of anilines is 7. The maximum Gasteiger partial charge on any atom is 0.326 e. The van der Waals surface area contributed by atoms with Gasteiger partial charge in [0.25, 0.3) is 0 Å². The molecule has 0 atom stereocenters. The van der Waals surface area contributed by atoms with Gasteiger partial charge in [0.1, 0.15) is 5.75 Å². The van der Waals surface area contributed by atoms with Gasteiger partial charge in [0.2, 0.25) is 23.8 Å². The average molecular weight is 582 g/mol. The smallest absolute Gasteiger partial charge is 0.326 e. The summed E-state index contributed by atoms with van der Waals surface area (Å²) in [6.07, 6.45) is 0. The van der Waals surface area contributed by atoms with Gasteiger partial charge in [-0.1, -0.05) is 30.3 Å². The summed E-state index contributed by atoms with van der Waals surface area (Å²) >= 11 is 1.36. The molecule has 5 N–H and O–H groups in total. The first-order chi connectivity index (χ1) is 20.3. The fourth-order valence-corrected chi connectivity index (χ4v) is 4.52. The van der Waals surface area contributed by atoms with Crippen molar-refractivity contribution in [3.63, 3.8) is 0 Å². The topological polar surface area (TPSA) is 155 Å². The zero-order chi connectivity index (χ0) is 29.5. The van der Waals surface area contributed by atoms with Crippen LogP contribution in [0.1, 0.15) is 12.5 Å². The van der Waals surface area contributed by atoms with E-state index in [1.54, 1.807) is 25.3 Å². The van der Waals surface area contributed by atoms with Gasteiger partial charge >= 0.3 is 6.03 Å². The molecular formula is C29H27N9O3S. The van der Waals surface area contributed by atoms with Gasteiger partial charge in [-0.15, -0.1) is 11.3 Å². The molecule has 42 heavy (non-hydrogen) atoms. The molecule has 212 valence electrons. The van der Waals surface area contributed by atoms with E-state index in [2.05, 4.69) is 46.5 Å². The van der Waals surface area contributed by atoms with E-state index in [1.165, 1.54) is 18.3 Å². The first-order valence-electron chi connectivity index (χ1n) is 12.8. The number of carbonyl (C=O) groups excluding carboxylic acids is 2. The summed E-state index contributed by atoms with van der Waals surface area (Å²) in [4.78, 5) is 41.9. The molecule has 3 aromatic carbocycles. The van der Waals surface area contributed by atoms with Crippen molar-refractivity contribution < 1.29 is 14.3 Å². The molecule has 0 aliphatic rings. The number of benzene rings is 3. The summed E-state index contributed by atoms with van der Waals surface area (Å²) in [5.74, 6) is 0.976. The van der Waals surface area contributed by atoms with Crippen LogP contribution in [0.3, 0.4) is 0 Å². The third kappa shape index (κ3) is 7.34. The van der Waals surface area contributed by atoms with Crippen molar-refractivity contribution in [1.82, 2.24) is 19.9 Å². The Kier molecular flexibility index (Phi) is 8.49. The number of para-hydroxylation sites is 1. The highest BCUT2D eigenvalue weighted by molar-refractivity contribution is 7.14. The summed E-state index contributed by atoms with van der Waals surface area (Å²) in [5.41, 5.74) is 4.60. The summed E-state index contributed by atoms with van der Waals surface area (Å²) < 4.78 is 5.22. The number of amides is 3. The van der Waals surface area contributed by atoms with Gasteiger partial charge in [0.05, 0.1) is 12.8 Å². The van der Waals surface area contributed by atoms with Crippen molar-refractivity contribution >= 4 is 63.3 Å². The zero-order valence-corrected chi connectivity index (χ0v) is 23.7. The second kappa shape index (κ2) is 12.7. The molecular weight excluding hydrogens is 554 g/mol. The van der Waals surface area contributed by atoms with Crippen LogP contribution < -0.4 is 31.3 Å². The van der Waals surface area contributed by atoms with Crippen LogP contribution in [-0.4, -0.2) is 39.0 Å². The van der Waals surface area contributed by atoms with Crippen LogP contribution in [0.15, 0.2) is 78.2 Å². The van der Waals surface area contributed by atoms with E-state index in [4.69, 9.17) is 4.74 Å². The Bertz CT molecular complexity index is 1710. The fraction of sp³-hybridized carbons (Fsp3) is 0.103. The summed E-state index contributed by atoms with van der Waals surface area (Å²) in [6, 6.07) is 21.5. The third-order valence-electron chi connectivity index (χ3n) is 5.82. The Morgan fingerprint density at radius 3 is 2.10 bits per heavy atom. The molecule has 12 nitrogen and oxygen atoms in total. The number of nitrogens with one attached hydrogen (secondary N) is 5. The van der Waals surface area contributed by atoms with Gasteiger partial charge in [-0.2, -0.15) is 15.0 Å². The van der Waals surface area contributed by atoms with E-state index in [1.807, 2.05) is 66.9 Å². The zero-order valence-electron chi connectivity index (χ0n) is 22.9. The lowest BCUT2D eigenvalue weighted by molar-refractivity contribution is -0.114. The molecule has 0 aliphatic heterocycles. The third-order valence-corrected chi connectivity index (χ3v) is 6.58. The predicted octanol–water partition coefficient (Wildman–Crippen LogP) is 6.40. The predicted molar refractivity (Wildman–Crippen MR) is 165 cm³/mol. The molecule has 5 rings (SSSR count). The molecule has 0 saturated carbocycles. The molecule has 0 radical (unpaired) electrons. The highest BCUT2D eigenvalue weighted by Gasteiger charge is 2.13. The number of methoxy groups -OCH3 is 1. The van der Waals surface area contributed by atoms with Crippen LogP contribution in [0.2, 0.25) is 0 Å². The van der Waals surface area contributed by atoms with Crippen LogP contribution in [0.25, 0.3) is 11.3 Å². The normalized spacial score (nSPS) is 10.5. The van der Waals surface area contributed by atoms with Crippen LogP contribution in [0.4, 0.5) is 44.8 Å². The molecule has 3 amide bonds. The van der Waals surface area contributed by atoms with Crippen molar-refractivity contribution in [3.8, 4) is 17.0 Å². The van der Waals surface area contributed by atoms with E-state index < -0.39 is 6.03 Å². The Balaban J connectivity index is 1.37. The Hall–Kier alpha value is -5.56. The minimum atomic E-state index is -0.504. The Morgan fingerprint density at radius 1 is 0.738 bits per heavy atom. The molecule has 2 aromatic heterocycles. The summed E-state index contributed by atoms with van der Waals surface area (Å²) in [5, 5.41) is 16.9. The number of ether oxygens (including phenoxy) is 1. The van der Waals surface area contributed by atoms with Gasteiger partial charge in [-0.3, -0.25) is 15.4 Å². The Morgan fingerprint density at radius 2 is 1.40 bits per heavy atom. The van der Waals surface area contributed by atoms with Gasteiger partial charge in [-0.05, 0) is 55.0 Å². The van der Waals surface area contributed by atoms with Crippen LogP contribution in [0.5, 0.6) is 5.75 Å². The number of thiazole rings is 1. The van der Waals surface area contributed by atoms with Gasteiger partial charge in [0, 0.05) is 34.9 Å². The molecule has 13 heteroatoms. The second-order valence-corrected chi connectivity index (χ2v) is 9.83. The number of nitrogens with zero attached hydrogens (tertiary/aromatic N) is 4. The lowest BCUT2D eigenvalue weighted by Crippen LogP contribution is -2.22. The summed E-state index contributed by atoms with van der Waals surface area (Å²) in [7, 11) is 1.59. The number of aromatic nitrogens is 4. The van der Waals surface area contributed by atoms with E-state index in [9.17, 15) is 9.59 Å². The van der Waals surface area contributed by atoms with E-state index in [-0.39, 0.29) is 23.8 Å². The molecule has 0 unspecified atom stereocenters. The molecule has 0 fully saturated rings. The second-order valence-electron chi connectivity index (χ2n) is 8.98. The monoisotopic (exact) mass is 581 g/mol. The number of hydrogen-bond acceptors (Lipinski definition) is 10. The molecule has 2 heterocycles. The first-order valence-corrected chi connectivity index (χ1v) is 13.6. The SMILES string of the molecule is COc1ccc(Nc2nc(NC(=O)Nc3ccccc3C)nc(Nc3nc(-c4ccc(NC(C)=O)cc4)cs3)n2)cc1. The highest BCUT2D eigenvalue weighted by Crippen LogP contribution is 2.28. The largest absolute Gasteiger partial charge is 0.497 e. The van der Waals surface area contributed by atoms with Crippen molar-refractivity contribution in [2.45, 2.75) is 13.8 Å². The maximum absolute atomic E-state index is 12.8. The molecule has 5 aromatic rings. The van der Waals surface area contributed by atoms with Gasteiger partial charge in [0.15, 0.2) is 5.13 Å². The number of carbonyl (C=O) groups is 2. The number of rotatable bonds is 9. The van der Waals surface area contributed by atoms with Crippen molar-refractivity contribution in [1.29, 1.82) is 0 Å². The fourth-order valence-electron chi connectivity index (χ4n) is 3.80. The number of urea groups is 1. The Labute approximate surface area is 245 Å². The standard InChI is InChI=1S/C29H27N9O3S/c1-17-6-4-5-7-23(17)32-28(40)37-26-34-25(31-21-12-14-22(41-3)15-13-21)35-27(36-26)38-29-33-24(16-42-29)19-8-10-20(11-9-19)30-18(2)39/h4-16H,1-3H3,(H,30,39)(H4,31,32,33,34,35,36,37,38,40). The molecule has 0 bridgehead atoms. The molecule has 0 aliphatic carbocycles. The number of hydrogen-bond donors (Lipinski definition) is 5. The van der Waals surface area contributed by atoms with E-state index in [0.29, 0.717) is 27.9 Å². The minimum absolute atomic E-state index is 0.0277. The lowest BCUT2D eigenvalue weighted by Gasteiger charge is -2.12. The maximum atomic E-state index is 12.8. The van der Waals surface area contributed by atoms with Crippen molar-refractivity contribution in [2.75, 3.05) is 33.7 Å². The molecule has 0 saturated heterocycles. The quantitative estimate of drug-likeness (QED) is 0.133. The average Bonchev–Trinajstić information content (AvgIpc) is 3.43. The van der Waals surface area contributed by atoms with Crippen LogP contribution in [0, 0.1) is 6.92 Å². The summed E-state index contributed by atoms with van der Waals surface area (Å²) in [6.45, 7) is 3.36.